The molecular weight excluding hydrogens is 973 g/mol. The van der Waals surface area contributed by atoms with Gasteiger partial charge in [-0.2, -0.15) is 0 Å². The summed E-state index contributed by atoms with van der Waals surface area (Å²) in [5, 5.41) is 10.5. The summed E-state index contributed by atoms with van der Waals surface area (Å²) in [4.78, 5) is 0. The van der Waals surface area contributed by atoms with Crippen molar-refractivity contribution in [2.75, 3.05) is 29.6 Å². The van der Waals surface area contributed by atoms with Crippen molar-refractivity contribution in [1.29, 1.82) is 0 Å². The van der Waals surface area contributed by atoms with Crippen molar-refractivity contribution in [3.05, 3.63) is 215 Å². The van der Waals surface area contributed by atoms with Gasteiger partial charge in [-0.3, -0.25) is 0 Å². The molecule has 6 atom stereocenters. The normalized spacial score (nSPS) is 14.0. The molecule has 7 nitrogen and oxygen atoms in total. The fourth-order valence-corrected chi connectivity index (χ4v) is 13.3. The molecule has 0 aromatic heterocycles. The van der Waals surface area contributed by atoms with E-state index in [0.29, 0.717) is 39.6 Å². The molecule has 6 rings (SSSR count). The third-order valence-electron chi connectivity index (χ3n) is 11.6. The van der Waals surface area contributed by atoms with Crippen molar-refractivity contribution in [3.63, 3.8) is 0 Å². The molecule has 0 unspecified atom stereocenters. The number of aliphatic hydroxyl groups excluding tert-OH is 1. The van der Waals surface area contributed by atoms with Gasteiger partial charge in [0, 0.05) is 0 Å². The summed E-state index contributed by atoms with van der Waals surface area (Å²) in [6.07, 6.45) is -0.838. The number of hydrogen-bond donors (Lipinski definition) is 1. The average Bonchev–Trinajstić information content (AvgIpc) is 3.43. The molecule has 6 aromatic rings. The monoisotopic (exact) mass is 1050 g/mol. The van der Waals surface area contributed by atoms with E-state index in [1.807, 2.05) is 132 Å². The van der Waals surface area contributed by atoms with Crippen molar-refractivity contribution in [2.45, 2.75) is 126 Å². The van der Waals surface area contributed by atoms with Crippen LogP contribution in [0.1, 0.15) is 74.4 Å². The number of benzene rings is 6. The average molecular weight is 1050 g/mol. The van der Waals surface area contributed by atoms with Gasteiger partial charge >= 0.3 is 0 Å². The van der Waals surface area contributed by atoms with E-state index in [1.54, 1.807) is 0 Å². The maximum absolute atomic E-state index is 10.5. The third kappa shape index (κ3) is 21.7. The van der Waals surface area contributed by atoms with E-state index in [9.17, 15) is 5.11 Å². The Kier molecular flexibility index (Phi) is 30.0. The first-order valence-electron chi connectivity index (χ1n) is 25.5. The lowest BCUT2D eigenvalue weighted by atomic mass is 10.1. The number of ether oxygens (including phenoxy) is 6. The minimum atomic E-state index is -0.535. The smallest absolute Gasteiger partial charge is 0.114 e. The molecule has 0 aliphatic rings. The Morgan fingerprint density at radius 1 is 0.306 bits per heavy atom. The van der Waals surface area contributed by atoms with Crippen molar-refractivity contribution >= 4 is 47.0 Å². The molecule has 0 radical (unpaired) electrons. The van der Waals surface area contributed by atoms with E-state index in [2.05, 4.69) is 132 Å². The van der Waals surface area contributed by atoms with E-state index >= 15 is 0 Å². The first-order chi connectivity index (χ1) is 35.5. The van der Waals surface area contributed by atoms with Gasteiger partial charge in [0.1, 0.15) is 30.5 Å². The number of rotatable bonds is 34. The van der Waals surface area contributed by atoms with Gasteiger partial charge in [-0.25, -0.2) is 0 Å². The second-order valence-electron chi connectivity index (χ2n) is 16.9. The molecule has 0 aliphatic heterocycles. The Labute approximate surface area is 449 Å². The van der Waals surface area contributed by atoms with E-state index in [0.717, 1.165) is 51.7 Å². The molecular formula is C61H78O7S4. The van der Waals surface area contributed by atoms with E-state index in [-0.39, 0.29) is 40.2 Å². The zero-order chi connectivity index (χ0) is 50.9. The molecule has 0 fully saturated rings. The lowest BCUT2D eigenvalue weighted by Crippen LogP contribution is -2.48. The number of thioether (sulfide) groups is 4. The highest BCUT2D eigenvalue weighted by Crippen LogP contribution is 2.36. The Morgan fingerprint density at radius 3 is 0.764 bits per heavy atom. The summed E-state index contributed by atoms with van der Waals surface area (Å²) in [5.41, 5.74) is 6.74. The summed E-state index contributed by atoms with van der Waals surface area (Å²) in [6, 6.07) is 61.5. The summed E-state index contributed by atoms with van der Waals surface area (Å²) in [5.74, 6) is 3.97. The van der Waals surface area contributed by atoms with Crippen LogP contribution in [0, 0.1) is 0 Å². The second kappa shape index (κ2) is 36.4. The molecule has 6 aromatic carbocycles. The van der Waals surface area contributed by atoms with Gasteiger partial charge in [0.15, 0.2) is 0 Å². The topological polar surface area (TPSA) is 75.6 Å². The molecule has 0 amide bonds. The van der Waals surface area contributed by atoms with Crippen LogP contribution >= 0.6 is 47.0 Å². The molecule has 0 heterocycles. The predicted molar refractivity (Wildman–Crippen MR) is 308 cm³/mol. The first kappa shape index (κ1) is 59.3. The summed E-state index contributed by atoms with van der Waals surface area (Å²) in [7, 11) is 0. The van der Waals surface area contributed by atoms with Crippen LogP contribution in [-0.4, -0.2) is 80.5 Å². The molecule has 0 spiro atoms. The van der Waals surface area contributed by atoms with Crippen LogP contribution in [0.5, 0.6) is 0 Å². The standard InChI is InChI=1S/C31H40O3S2.C30H38O4S2/c1-4-28(32-22-25-16-10-7-11-17-25)29(33-23-26-18-12-8-13-19-26)30(31(35-5-2)36-6-3)34-24-27-20-14-9-15-21-27;1-3-35-30(36-4-2)29(34-23-26-18-12-7-13-19-26)28(33-22-25-16-10-6-11-17-25)27(20-31)32-21-24-14-8-5-9-15-24/h7-21,28-31H,4-6,22-24H2,1-3H3;5-19,27-31H,3-4,20-23H2,1-2H3/t28-,29-,30-;27-,28-,29-/m11/s1. The van der Waals surface area contributed by atoms with Crippen molar-refractivity contribution in [3.8, 4) is 0 Å². The van der Waals surface area contributed by atoms with Gasteiger partial charge in [-0.15, -0.1) is 47.0 Å². The van der Waals surface area contributed by atoms with Gasteiger partial charge in [-0.1, -0.05) is 217 Å². The molecule has 0 bridgehead atoms. The second-order valence-corrected chi connectivity index (χ2v) is 23.1. The predicted octanol–water partition coefficient (Wildman–Crippen LogP) is 14.6. The van der Waals surface area contributed by atoms with Crippen LogP contribution in [0.15, 0.2) is 182 Å². The van der Waals surface area contributed by atoms with Gasteiger partial charge < -0.3 is 33.5 Å². The lowest BCUT2D eigenvalue weighted by Gasteiger charge is -2.37. The Hall–Kier alpha value is -3.56. The van der Waals surface area contributed by atoms with E-state index in [4.69, 9.17) is 28.4 Å². The van der Waals surface area contributed by atoms with Crippen LogP contribution in [-0.2, 0) is 68.1 Å². The maximum atomic E-state index is 10.5. The Balaban J connectivity index is 0.000000267. The maximum Gasteiger partial charge on any atom is 0.114 e. The van der Waals surface area contributed by atoms with Gasteiger partial charge in [0.05, 0.1) is 61.5 Å². The van der Waals surface area contributed by atoms with Gasteiger partial charge in [0.25, 0.3) is 0 Å². The molecule has 72 heavy (non-hydrogen) atoms. The lowest BCUT2D eigenvalue weighted by molar-refractivity contribution is -0.157. The zero-order valence-corrected chi connectivity index (χ0v) is 46.2. The Morgan fingerprint density at radius 2 is 0.528 bits per heavy atom. The summed E-state index contributed by atoms with van der Waals surface area (Å²) >= 11 is 7.59. The fourth-order valence-electron chi connectivity index (χ4n) is 7.93. The number of hydrogen-bond acceptors (Lipinski definition) is 11. The van der Waals surface area contributed by atoms with E-state index < -0.39 is 12.2 Å². The molecule has 0 saturated carbocycles. The summed E-state index contributed by atoms with van der Waals surface area (Å²) < 4.78 is 39.9. The van der Waals surface area contributed by atoms with Crippen LogP contribution < -0.4 is 0 Å². The highest BCUT2D eigenvalue weighted by Gasteiger charge is 2.39. The molecule has 11 heteroatoms. The third-order valence-corrected chi connectivity index (χ3v) is 16.9. The highest BCUT2D eigenvalue weighted by molar-refractivity contribution is 8.17. The van der Waals surface area contributed by atoms with Crippen LogP contribution in [0.25, 0.3) is 0 Å². The largest absolute Gasteiger partial charge is 0.394 e. The molecule has 1 N–H and O–H groups in total. The highest BCUT2D eigenvalue weighted by atomic mass is 32.2. The van der Waals surface area contributed by atoms with Crippen molar-refractivity contribution in [2.24, 2.45) is 0 Å². The van der Waals surface area contributed by atoms with Crippen LogP contribution in [0.2, 0.25) is 0 Å². The van der Waals surface area contributed by atoms with Crippen LogP contribution in [0.4, 0.5) is 0 Å². The fraction of sp³-hybridized carbons (Fsp3) is 0.410. The molecule has 388 valence electrons. The van der Waals surface area contributed by atoms with Crippen LogP contribution in [0.3, 0.4) is 0 Å². The zero-order valence-electron chi connectivity index (χ0n) is 43.0. The SMILES string of the molecule is CCSC(SCC)[C@H](OCc1ccccc1)[C@H](OCc1ccccc1)[C@@H](CC)OCc1ccccc1.CCSC(SCC)[C@H](OCc1ccccc1)[C@H](OCc1ccccc1)[C@@H](CO)OCc1ccccc1. The molecule has 0 saturated heterocycles. The minimum Gasteiger partial charge on any atom is -0.394 e. The number of aliphatic hydroxyl groups is 1. The molecule has 0 aliphatic carbocycles. The summed E-state index contributed by atoms with van der Waals surface area (Å²) in [6.45, 7) is 13.7. The van der Waals surface area contributed by atoms with Crippen molar-refractivity contribution in [1.82, 2.24) is 0 Å². The van der Waals surface area contributed by atoms with Gasteiger partial charge in [0.2, 0.25) is 0 Å². The van der Waals surface area contributed by atoms with Gasteiger partial charge in [-0.05, 0) is 62.8 Å². The first-order valence-corrected chi connectivity index (χ1v) is 29.7. The minimum absolute atomic E-state index is 0.0906. The van der Waals surface area contributed by atoms with E-state index in [1.165, 1.54) is 11.1 Å². The Bertz CT molecular complexity index is 2030. The van der Waals surface area contributed by atoms with Crippen molar-refractivity contribution < 1.29 is 33.5 Å². The quantitative estimate of drug-likeness (QED) is 0.0393.